The molecule has 0 saturated heterocycles. The number of hydrogen-bond donors (Lipinski definition) is 1. The molecule has 8 heteroatoms. The lowest BCUT2D eigenvalue weighted by Crippen LogP contribution is -2.32. The van der Waals surface area contributed by atoms with Crippen LogP contribution in [0, 0.1) is 12.7 Å². The van der Waals surface area contributed by atoms with Crippen molar-refractivity contribution in [1.29, 1.82) is 0 Å². The van der Waals surface area contributed by atoms with Gasteiger partial charge in [0, 0.05) is 15.6 Å². The Morgan fingerprint density at radius 1 is 0.935 bits per heavy atom. The summed E-state index contributed by atoms with van der Waals surface area (Å²) in [5.41, 5.74) is 1.99. The third-order valence-corrected chi connectivity index (χ3v) is 6.16. The van der Waals surface area contributed by atoms with Gasteiger partial charge < -0.3 is 5.32 Å². The standard InChI is InChI=1S/C23H15Cl2FN2O2S/c1-13-3-2-4-15(11-13)27-20-21(31-17-8-5-14(24)6-9-17)23(30)28(22(20)29)16-7-10-19(26)18(25)12-16/h2-12,27H,1H3. The van der Waals surface area contributed by atoms with Crippen molar-refractivity contribution in [3.63, 3.8) is 0 Å². The van der Waals surface area contributed by atoms with Gasteiger partial charge in [-0.3, -0.25) is 9.59 Å². The zero-order chi connectivity index (χ0) is 22.1. The number of amides is 2. The van der Waals surface area contributed by atoms with Crippen molar-refractivity contribution in [3.05, 3.63) is 98.8 Å². The number of imide groups is 1. The van der Waals surface area contributed by atoms with E-state index in [4.69, 9.17) is 23.2 Å². The lowest BCUT2D eigenvalue weighted by molar-refractivity contribution is -0.120. The molecule has 0 bridgehead atoms. The van der Waals surface area contributed by atoms with E-state index in [-0.39, 0.29) is 21.3 Å². The lowest BCUT2D eigenvalue weighted by atomic mass is 10.2. The maximum Gasteiger partial charge on any atom is 0.283 e. The zero-order valence-corrected chi connectivity index (χ0v) is 18.5. The average Bonchev–Trinajstić information content (AvgIpc) is 2.96. The fourth-order valence-electron chi connectivity index (χ4n) is 3.06. The first kappa shape index (κ1) is 21.4. The summed E-state index contributed by atoms with van der Waals surface area (Å²) in [5.74, 6) is -1.71. The van der Waals surface area contributed by atoms with Gasteiger partial charge in [-0.05, 0) is 67.1 Å². The quantitative estimate of drug-likeness (QED) is 0.434. The predicted molar refractivity (Wildman–Crippen MR) is 123 cm³/mol. The molecule has 1 aliphatic heterocycles. The van der Waals surface area contributed by atoms with Crippen molar-refractivity contribution >= 4 is 58.2 Å². The van der Waals surface area contributed by atoms with Crippen LogP contribution < -0.4 is 10.2 Å². The summed E-state index contributed by atoms with van der Waals surface area (Å²) in [5, 5.41) is 3.47. The number of anilines is 2. The van der Waals surface area contributed by atoms with E-state index in [1.807, 2.05) is 25.1 Å². The molecule has 156 valence electrons. The van der Waals surface area contributed by atoms with Crippen molar-refractivity contribution in [1.82, 2.24) is 0 Å². The summed E-state index contributed by atoms with van der Waals surface area (Å²) < 4.78 is 13.6. The van der Waals surface area contributed by atoms with Crippen LogP contribution in [-0.4, -0.2) is 11.8 Å². The summed E-state index contributed by atoms with van der Waals surface area (Å²) in [7, 11) is 0. The van der Waals surface area contributed by atoms with Gasteiger partial charge in [0.2, 0.25) is 0 Å². The Balaban J connectivity index is 1.75. The van der Waals surface area contributed by atoms with Gasteiger partial charge in [-0.1, -0.05) is 47.1 Å². The second-order valence-corrected chi connectivity index (χ2v) is 8.73. The highest BCUT2D eigenvalue weighted by Crippen LogP contribution is 2.38. The molecule has 3 aromatic rings. The Morgan fingerprint density at radius 2 is 1.68 bits per heavy atom. The summed E-state index contributed by atoms with van der Waals surface area (Å²) in [6.45, 7) is 1.93. The molecule has 1 N–H and O–H groups in total. The van der Waals surface area contributed by atoms with Crippen LogP contribution in [0.15, 0.2) is 82.2 Å². The van der Waals surface area contributed by atoms with Gasteiger partial charge in [-0.25, -0.2) is 9.29 Å². The van der Waals surface area contributed by atoms with E-state index in [0.29, 0.717) is 10.7 Å². The molecule has 0 unspecified atom stereocenters. The van der Waals surface area contributed by atoms with Crippen molar-refractivity contribution in [3.8, 4) is 0 Å². The number of nitrogens with zero attached hydrogens (tertiary/aromatic N) is 1. The van der Waals surface area contributed by atoms with E-state index in [9.17, 15) is 14.0 Å². The van der Waals surface area contributed by atoms with Gasteiger partial charge >= 0.3 is 0 Å². The van der Waals surface area contributed by atoms with Crippen LogP contribution in [0.1, 0.15) is 5.56 Å². The molecule has 4 nitrogen and oxygen atoms in total. The molecule has 0 radical (unpaired) electrons. The van der Waals surface area contributed by atoms with Crippen LogP contribution in [0.5, 0.6) is 0 Å². The third-order valence-electron chi connectivity index (χ3n) is 4.52. The smallest absolute Gasteiger partial charge is 0.283 e. The fraction of sp³-hybridized carbons (Fsp3) is 0.0435. The summed E-state index contributed by atoms with van der Waals surface area (Å²) in [6.07, 6.45) is 0. The third kappa shape index (κ3) is 4.46. The molecule has 31 heavy (non-hydrogen) atoms. The molecule has 0 spiro atoms. The van der Waals surface area contributed by atoms with Crippen LogP contribution in [0.4, 0.5) is 15.8 Å². The minimum Gasteiger partial charge on any atom is -0.350 e. The van der Waals surface area contributed by atoms with E-state index < -0.39 is 17.6 Å². The highest BCUT2D eigenvalue weighted by Gasteiger charge is 2.40. The van der Waals surface area contributed by atoms with E-state index in [1.165, 1.54) is 12.1 Å². The van der Waals surface area contributed by atoms with Gasteiger partial charge in [0.1, 0.15) is 16.4 Å². The topological polar surface area (TPSA) is 49.4 Å². The molecule has 0 aromatic heterocycles. The number of aryl methyl sites for hydroxylation is 1. The normalized spacial score (nSPS) is 13.9. The maximum absolute atomic E-state index is 13.6. The molecule has 0 atom stereocenters. The molecule has 0 saturated carbocycles. The van der Waals surface area contributed by atoms with E-state index in [1.54, 1.807) is 30.3 Å². The molecule has 0 aliphatic carbocycles. The Hall–Kier alpha value is -2.80. The Kier molecular flexibility index (Phi) is 6.05. The van der Waals surface area contributed by atoms with Gasteiger partial charge in [0.25, 0.3) is 11.8 Å². The summed E-state index contributed by atoms with van der Waals surface area (Å²) in [6, 6.07) is 18.1. The Bertz CT molecular complexity index is 1230. The van der Waals surface area contributed by atoms with Crippen LogP contribution in [-0.2, 0) is 9.59 Å². The summed E-state index contributed by atoms with van der Waals surface area (Å²) in [4.78, 5) is 28.5. The molecule has 2 amide bonds. The van der Waals surface area contributed by atoms with E-state index in [2.05, 4.69) is 5.32 Å². The zero-order valence-electron chi connectivity index (χ0n) is 16.2. The van der Waals surface area contributed by atoms with Gasteiger partial charge in [0.15, 0.2) is 0 Å². The number of halogens is 3. The fourth-order valence-corrected chi connectivity index (χ4v) is 4.29. The number of thioether (sulfide) groups is 1. The molecule has 0 fully saturated rings. The second-order valence-electron chi connectivity index (χ2n) is 6.80. The molecule has 1 heterocycles. The highest BCUT2D eigenvalue weighted by molar-refractivity contribution is 8.04. The van der Waals surface area contributed by atoms with Crippen LogP contribution in [0.25, 0.3) is 0 Å². The first-order chi connectivity index (χ1) is 14.8. The minimum atomic E-state index is -0.633. The lowest BCUT2D eigenvalue weighted by Gasteiger charge is -2.16. The van der Waals surface area contributed by atoms with Crippen LogP contribution in [0.3, 0.4) is 0 Å². The largest absolute Gasteiger partial charge is 0.350 e. The number of hydrogen-bond acceptors (Lipinski definition) is 4. The van der Waals surface area contributed by atoms with Crippen molar-refractivity contribution in [2.45, 2.75) is 11.8 Å². The number of rotatable bonds is 5. The average molecular weight is 473 g/mol. The SMILES string of the molecule is Cc1cccc(NC2=C(Sc3ccc(Cl)cc3)C(=O)N(c3ccc(F)c(Cl)c3)C2=O)c1. The van der Waals surface area contributed by atoms with Crippen LogP contribution in [0.2, 0.25) is 10.0 Å². The predicted octanol–water partition coefficient (Wildman–Crippen LogP) is 6.43. The van der Waals surface area contributed by atoms with Crippen molar-refractivity contribution < 1.29 is 14.0 Å². The number of carbonyl (C=O) groups is 2. The Labute approximate surface area is 192 Å². The van der Waals surface area contributed by atoms with Gasteiger partial charge in [0.05, 0.1) is 10.7 Å². The van der Waals surface area contributed by atoms with Gasteiger partial charge in [-0.2, -0.15) is 0 Å². The van der Waals surface area contributed by atoms with Crippen molar-refractivity contribution in [2.24, 2.45) is 0 Å². The Morgan fingerprint density at radius 3 is 2.35 bits per heavy atom. The molecule has 1 aliphatic rings. The first-order valence-corrected chi connectivity index (χ1v) is 10.8. The summed E-state index contributed by atoms with van der Waals surface area (Å²) >= 11 is 13.0. The van der Waals surface area contributed by atoms with Crippen molar-refractivity contribution in [2.75, 3.05) is 10.2 Å². The van der Waals surface area contributed by atoms with Crippen LogP contribution >= 0.6 is 35.0 Å². The van der Waals surface area contributed by atoms with E-state index in [0.717, 1.165) is 33.2 Å². The molecule has 4 rings (SSSR count). The molecule has 3 aromatic carbocycles. The second kappa shape index (κ2) is 8.75. The molecular formula is C23H15Cl2FN2O2S. The number of carbonyl (C=O) groups excluding carboxylic acids is 2. The first-order valence-electron chi connectivity index (χ1n) is 9.19. The highest BCUT2D eigenvalue weighted by atomic mass is 35.5. The number of nitrogens with one attached hydrogen (secondary N) is 1. The monoisotopic (exact) mass is 472 g/mol. The molecular weight excluding hydrogens is 458 g/mol. The maximum atomic E-state index is 13.6. The minimum absolute atomic E-state index is 0.135. The van der Waals surface area contributed by atoms with E-state index >= 15 is 0 Å². The van der Waals surface area contributed by atoms with Gasteiger partial charge in [-0.15, -0.1) is 0 Å². The number of benzene rings is 3.